The Labute approximate surface area is 363 Å². The van der Waals surface area contributed by atoms with Gasteiger partial charge in [-0.2, -0.15) is 0 Å². The molecule has 4 aromatic heterocycles. The van der Waals surface area contributed by atoms with Crippen molar-refractivity contribution in [3.8, 4) is 45.5 Å². The molecule has 0 spiro atoms. The summed E-state index contributed by atoms with van der Waals surface area (Å²) in [6.45, 7) is 11.4. The van der Waals surface area contributed by atoms with E-state index >= 15 is 0 Å². The van der Waals surface area contributed by atoms with Crippen LogP contribution in [-0.4, -0.2) is 104 Å². The number of hydrogen-bond acceptors (Lipinski definition) is 11. The first-order chi connectivity index (χ1) is 28.8. The quantitative estimate of drug-likeness (QED) is 0.132. The number of nitrogens with zero attached hydrogens (tertiary/aromatic N) is 7. The van der Waals surface area contributed by atoms with Gasteiger partial charge in [-0.25, -0.2) is 19.1 Å². The average molecular weight is 878 g/mol. The zero-order chi connectivity index (χ0) is 44.4. The highest BCUT2D eigenvalue weighted by molar-refractivity contribution is 6.39. The van der Waals surface area contributed by atoms with Crippen LogP contribution in [0.5, 0.6) is 11.9 Å². The van der Waals surface area contributed by atoms with Crippen LogP contribution in [0.25, 0.3) is 39.2 Å². The lowest BCUT2D eigenvalue weighted by molar-refractivity contribution is -0.119. The van der Waals surface area contributed by atoms with E-state index < -0.39 is 28.9 Å². The van der Waals surface area contributed by atoms with Gasteiger partial charge in [-0.05, 0) is 72.2 Å². The molecule has 1 aromatic carbocycles. The summed E-state index contributed by atoms with van der Waals surface area (Å²) in [5.74, 6) is 0.232. The topological polar surface area (TPSA) is 172 Å². The number of ether oxygens (including phenoxy) is 4. The number of benzene rings is 1. The van der Waals surface area contributed by atoms with E-state index in [9.17, 15) is 19.2 Å². The molecular formula is C43H50Cl2N8O8. The lowest BCUT2D eigenvalue weighted by Crippen LogP contribution is -2.43. The monoisotopic (exact) mass is 876 g/mol. The number of halogens is 2. The summed E-state index contributed by atoms with van der Waals surface area (Å²) in [6.07, 6.45) is 3.20. The highest BCUT2D eigenvalue weighted by Gasteiger charge is 2.30. The molecule has 6 rings (SSSR count). The van der Waals surface area contributed by atoms with Crippen molar-refractivity contribution in [1.29, 1.82) is 0 Å². The third-order valence-electron chi connectivity index (χ3n) is 9.63. The van der Waals surface area contributed by atoms with Gasteiger partial charge in [0, 0.05) is 79.4 Å². The number of aromatic nitrogens is 5. The maximum absolute atomic E-state index is 13.8. The molecule has 0 saturated carbocycles. The molecule has 61 heavy (non-hydrogen) atoms. The largest absolute Gasteiger partial charge is 0.481 e. The number of carbonyl (C=O) groups excluding carboxylic acids is 3. The first-order valence-electron chi connectivity index (χ1n) is 19.6. The fourth-order valence-corrected chi connectivity index (χ4v) is 7.40. The maximum Gasteiger partial charge on any atom is 0.410 e. The van der Waals surface area contributed by atoms with Crippen molar-refractivity contribution in [2.24, 2.45) is 0 Å². The number of fused-ring (bicyclic) bond motifs is 1. The summed E-state index contributed by atoms with van der Waals surface area (Å²) in [7, 11) is 4.50. The van der Waals surface area contributed by atoms with Gasteiger partial charge in [0.2, 0.25) is 11.8 Å². The van der Waals surface area contributed by atoms with E-state index in [0.29, 0.717) is 57.1 Å². The van der Waals surface area contributed by atoms with E-state index in [1.165, 1.54) is 28.2 Å². The summed E-state index contributed by atoms with van der Waals surface area (Å²) in [5, 5.41) is 8.08. The molecule has 5 aromatic rings. The van der Waals surface area contributed by atoms with Crippen LogP contribution in [0.15, 0.2) is 59.7 Å². The third-order valence-corrected chi connectivity index (χ3v) is 10.4. The summed E-state index contributed by atoms with van der Waals surface area (Å²) in [5.41, 5.74) is 2.27. The predicted molar refractivity (Wildman–Crippen MR) is 231 cm³/mol. The summed E-state index contributed by atoms with van der Waals surface area (Å²) >= 11 is 14.3. The van der Waals surface area contributed by atoms with E-state index in [4.69, 9.17) is 47.1 Å². The van der Waals surface area contributed by atoms with Crippen LogP contribution in [0.4, 0.5) is 9.59 Å². The van der Waals surface area contributed by atoms with Gasteiger partial charge in [-0.1, -0.05) is 41.4 Å². The number of likely N-dealkylation sites (N-methyl/N-ethyl adjacent to an activating group) is 1. The van der Waals surface area contributed by atoms with Gasteiger partial charge in [-0.3, -0.25) is 19.1 Å². The van der Waals surface area contributed by atoms with E-state index in [1.54, 1.807) is 84.1 Å². The van der Waals surface area contributed by atoms with Gasteiger partial charge in [0.1, 0.15) is 16.7 Å². The van der Waals surface area contributed by atoms with Crippen molar-refractivity contribution in [2.75, 3.05) is 34.4 Å². The Morgan fingerprint density at radius 3 is 2.26 bits per heavy atom. The normalized spacial score (nSPS) is 14.1. The van der Waals surface area contributed by atoms with Crippen molar-refractivity contribution in [2.45, 2.75) is 84.7 Å². The third kappa shape index (κ3) is 10.4. The molecule has 5 heterocycles. The fraction of sp³-hybridized carbons (Fsp3) is 0.419. The second-order valence-electron chi connectivity index (χ2n) is 16.6. The molecule has 1 aliphatic heterocycles. The molecule has 18 heteroatoms. The Hall–Kier alpha value is -5.87. The molecule has 0 radical (unpaired) electrons. The molecule has 0 unspecified atom stereocenters. The van der Waals surface area contributed by atoms with Crippen molar-refractivity contribution in [1.82, 2.24) is 39.3 Å². The summed E-state index contributed by atoms with van der Waals surface area (Å²) in [4.78, 5) is 63.9. The number of carbonyl (C=O) groups is 3. The van der Waals surface area contributed by atoms with Crippen LogP contribution < -0.4 is 20.3 Å². The molecule has 1 N–H and O–H groups in total. The zero-order valence-corrected chi connectivity index (χ0v) is 37.2. The Bertz CT molecular complexity index is 2530. The predicted octanol–water partition coefficient (Wildman–Crippen LogP) is 7.49. The minimum absolute atomic E-state index is 0.0475. The number of methoxy groups -OCH3 is 2. The Kier molecular flexibility index (Phi) is 13.2. The molecule has 324 valence electrons. The van der Waals surface area contributed by atoms with Crippen LogP contribution in [0, 0.1) is 0 Å². The smallest absolute Gasteiger partial charge is 0.410 e. The lowest BCUT2D eigenvalue weighted by Gasteiger charge is -2.29. The fourth-order valence-electron chi connectivity index (χ4n) is 6.75. The minimum atomic E-state index is -0.726. The molecule has 3 amide bonds. The van der Waals surface area contributed by atoms with E-state index in [-0.39, 0.29) is 60.6 Å². The van der Waals surface area contributed by atoms with E-state index in [0.717, 1.165) is 0 Å². The highest BCUT2D eigenvalue weighted by atomic mass is 35.5. The van der Waals surface area contributed by atoms with Crippen LogP contribution in [0.3, 0.4) is 0 Å². The van der Waals surface area contributed by atoms with Gasteiger partial charge in [0.15, 0.2) is 0 Å². The standard InChI is InChI=1S/C43H50Cl2N8O8/c1-42(2,3)60-40(56)50(7)19-20-52-38(55)32-21-26(23-53(32)49-39(52)59-9)36-35(45)29(17-18-46-36)28-11-10-12-30(34(28)44)31-15-13-25(37(48-31)58-8)22-51(41(57)61-43(4,5)6)24-27-14-16-33(54)47-27/h10-13,15,17-18,21,23,27H,14,16,19-20,22,24H2,1-9H3,(H,47,54)/t27-/m0/s1. The van der Waals surface area contributed by atoms with Crippen molar-refractivity contribution in [3.05, 3.63) is 80.8 Å². The number of pyridine rings is 2. The second-order valence-corrected chi connectivity index (χ2v) is 17.4. The molecular weight excluding hydrogens is 827 g/mol. The van der Waals surface area contributed by atoms with E-state index in [2.05, 4.69) is 15.4 Å². The molecule has 1 aliphatic rings. The van der Waals surface area contributed by atoms with Gasteiger partial charge in [0.25, 0.3) is 5.56 Å². The second kappa shape index (κ2) is 18.0. The van der Waals surface area contributed by atoms with Crippen molar-refractivity contribution >= 4 is 46.8 Å². The zero-order valence-electron chi connectivity index (χ0n) is 35.7. The lowest BCUT2D eigenvalue weighted by atomic mass is 10.00. The summed E-state index contributed by atoms with van der Waals surface area (Å²) < 4.78 is 25.1. The van der Waals surface area contributed by atoms with Crippen LogP contribution in [0.1, 0.15) is 59.9 Å². The van der Waals surface area contributed by atoms with Crippen LogP contribution >= 0.6 is 23.2 Å². The molecule has 0 bridgehead atoms. The molecule has 0 aliphatic carbocycles. The minimum Gasteiger partial charge on any atom is -0.481 e. The molecule has 1 saturated heterocycles. The van der Waals surface area contributed by atoms with Crippen molar-refractivity contribution in [3.63, 3.8) is 0 Å². The van der Waals surface area contributed by atoms with Gasteiger partial charge in [-0.15, -0.1) is 5.10 Å². The number of rotatable bonds is 12. The van der Waals surface area contributed by atoms with Gasteiger partial charge >= 0.3 is 18.2 Å². The Morgan fingerprint density at radius 1 is 0.918 bits per heavy atom. The van der Waals surface area contributed by atoms with Crippen LogP contribution in [-0.2, 0) is 27.4 Å². The van der Waals surface area contributed by atoms with Gasteiger partial charge < -0.3 is 34.1 Å². The Balaban J connectivity index is 1.28. The SMILES string of the molecule is COc1nc(-c2cccc(-c3ccnc(-c4cc5c(=O)n(CCN(C)C(=O)OC(C)(C)C)c(OC)nn5c4)c3Cl)c2Cl)ccc1CN(C[C@@H]1CCC(=O)N1)C(=O)OC(C)(C)C. The maximum atomic E-state index is 13.8. The first-order valence-corrected chi connectivity index (χ1v) is 20.4. The number of hydrogen-bond donors (Lipinski definition) is 1. The molecule has 16 nitrogen and oxygen atoms in total. The van der Waals surface area contributed by atoms with Crippen molar-refractivity contribution < 1.29 is 33.3 Å². The Morgan fingerprint density at radius 2 is 1.61 bits per heavy atom. The van der Waals surface area contributed by atoms with Crippen LogP contribution in [0.2, 0.25) is 10.0 Å². The number of amides is 3. The van der Waals surface area contributed by atoms with Gasteiger partial charge in [0.05, 0.1) is 42.2 Å². The first kappa shape index (κ1) is 44.7. The number of nitrogens with one attached hydrogen (secondary N) is 1. The highest BCUT2D eigenvalue weighted by Crippen LogP contribution is 2.42. The molecule has 1 atom stereocenters. The summed E-state index contributed by atoms with van der Waals surface area (Å²) in [6, 6.07) is 12.3. The molecule has 1 fully saturated rings. The van der Waals surface area contributed by atoms with E-state index in [1.807, 2.05) is 24.3 Å². The average Bonchev–Trinajstić information content (AvgIpc) is 3.81.